The molecule has 0 aromatic heterocycles. The summed E-state index contributed by atoms with van der Waals surface area (Å²) in [6.45, 7) is 2.56. The van der Waals surface area contributed by atoms with Crippen molar-refractivity contribution in [2.45, 2.75) is 58.0 Å². The molecule has 3 rings (SSSR count). The summed E-state index contributed by atoms with van der Waals surface area (Å²) in [4.78, 5) is 37.5. The Kier molecular flexibility index (Phi) is 5.18. The first-order valence-corrected chi connectivity index (χ1v) is 8.86. The van der Waals surface area contributed by atoms with Crippen LogP contribution in [-0.4, -0.2) is 28.7 Å². The molecule has 1 saturated heterocycles. The molecule has 3 amide bonds. The second-order valence-electron chi connectivity index (χ2n) is 6.53. The minimum absolute atomic E-state index is 0.146. The van der Waals surface area contributed by atoms with Crippen molar-refractivity contribution in [2.75, 3.05) is 0 Å². The largest absolute Gasteiger partial charge is 0.322 e. The number of carbonyl (C=O) groups excluding carboxylic acids is 3. The van der Waals surface area contributed by atoms with Crippen LogP contribution in [-0.2, 0) is 16.1 Å². The molecule has 0 aliphatic carbocycles. The highest BCUT2D eigenvalue weighted by molar-refractivity contribution is 6.05. The number of piperidine rings is 1. The Balaban J connectivity index is 1.71. The lowest BCUT2D eigenvalue weighted by atomic mass is 10.0. The molecule has 1 atom stereocenters. The molecule has 5 heteroatoms. The van der Waals surface area contributed by atoms with E-state index in [1.165, 1.54) is 12.8 Å². The molecular weight excluding hydrogens is 316 g/mol. The minimum atomic E-state index is -0.568. The van der Waals surface area contributed by atoms with Crippen molar-refractivity contribution < 1.29 is 14.4 Å². The number of benzene rings is 1. The number of imide groups is 1. The first-order valence-electron chi connectivity index (χ1n) is 8.86. The van der Waals surface area contributed by atoms with Gasteiger partial charge < -0.3 is 4.90 Å². The van der Waals surface area contributed by atoms with Gasteiger partial charge in [-0.15, -0.1) is 0 Å². The van der Waals surface area contributed by atoms with Crippen LogP contribution in [0.2, 0.25) is 0 Å². The predicted octanol–water partition coefficient (Wildman–Crippen LogP) is 2.38. The summed E-state index contributed by atoms with van der Waals surface area (Å²) >= 11 is 0. The summed E-state index contributed by atoms with van der Waals surface area (Å²) in [7, 11) is 0. The molecule has 25 heavy (non-hydrogen) atoms. The van der Waals surface area contributed by atoms with Gasteiger partial charge in [0.15, 0.2) is 0 Å². The topological polar surface area (TPSA) is 66.5 Å². The summed E-state index contributed by atoms with van der Waals surface area (Å²) in [5.74, 6) is 5.53. The Labute approximate surface area is 147 Å². The second kappa shape index (κ2) is 7.52. The molecule has 5 nitrogen and oxygen atoms in total. The zero-order valence-corrected chi connectivity index (χ0v) is 14.4. The number of nitrogens with zero attached hydrogens (tertiary/aromatic N) is 1. The summed E-state index contributed by atoms with van der Waals surface area (Å²) < 4.78 is 0. The maximum absolute atomic E-state index is 12.6. The predicted molar refractivity (Wildman–Crippen MR) is 93.5 cm³/mol. The van der Waals surface area contributed by atoms with Crippen molar-refractivity contribution in [2.24, 2.45) is 0 Å². The van der Waals surface area contributed by atoms with Gasteiger partial charge in [-0.25, -0.2) is 0 Å². The van der Waals surface area contributed by atoms with Crippen LogP contribution in [0.15, 0.2) is 18.2 Å². The Hall–Kier alpha value is -2.61. The highest BCUT2D eigenvalue weighted by Gasteiger charge is 2.38. The van der Waals surface area contributed by atoms with Crippen molar-refractivity contribution in [1.82, 2.24) is 10.2 Å². The van der Waals surface area contributed by atoms with Crippen LogP contribution in [0.25, 0.3) is 0 Å². The van der Waals surface area contributed by atoms with E-state index in [-0.39, 0.29) is 24.1 Å². The van der Waals surface area contributed by atoms with Gasteiger partial charge in [0.1, 0.15) is 6.04 Å². The average Bonchev–Trinajstić information content (AvgIpc) is 2.91. The number of nitrogens with one attached hydrogen (secondary N) is 1. The molecule has 1 aromatic carbocycles. The molecule has 1 N–H and O–H groups in total. The smallest absolute Gasteiger partial charge is 0.255 e. The van der Waals surface area contributed by atoms with Gasteiger partial charge in [-0.05, 0) is 36.6 Å². The standard InChI is InChI=1S/C20H22N2O3/c1-2-3-4-5-6-7-14-8-9-16-15(12-14)13-22(20(16)25)17-10-11-18(23)21-19(17)24/h8-9,12,17H,2-5,10-11,13H2,1H3,(H,21,23,24). The van der Waals surface area contributed by atoms with Gasteiger partial charge in [0.2, 0.25) is 11.8 Å². The molecule has 1 fully saturated rings. The van der Waals surface area contributed by atoms with E-state index in [1.54, 1.807) is 11.0 Å². The highest BCUT2D eigenvalue weighted by Crippen LogP contribution is 2.28. The van der Waals surface area contributed by atoms with Gasteiger partial charge in [0.05, 0.1) is 0 Å². The number of fused-ring (bicyclic) bond motifs is 1. The molecule has 0 spiro atoms. The molecule has 1 unspecified atom stereocenters. The lowest BCUT2D eigenvalue weighted by Gasteiger charge is -2.29. The summed E-state index contributed by atoms with van der Waals surface area (Å²) in [5.41, 5.74) is 2.42. The van der Waals surface area contributed by atoms with E-state index in [4.69, 9.17) is 0 Å². The van der Waals surface area contributed by atoms with Crippen LogP contribution in [0.1, 0.15) is 66.9 Å². The highest BCUT2D eigenvalue weighted by atomic mass is 16.2. The monoisotopic (exact) mass is 338 g/mol. The minimum Gasteiger partial charge on any atom is -0.322 e. The first-order chi connectivity index (χ1) is 12.1. The van der Waals surface area contributed by atoms with Gasteiger partial charge in [0.25, 0.3) is 5.91 Å². The zero-order valence-electron chi connectivity index (χ0n) is 14.4. The van der Waals surface area contributed by atoms with Gasteiger partial charge >= 0.3 is 0 Å². The third kappa shape index (κ3) is 3.74. The SMILES string of the molecule is CCCCCC#Cc1ccc2c(c1)CN(C1CCC(=O)NC1=O)C2=O. The summed E-state index contributed by atoms with van der Waals surface area (Å²) in [6, 6.07) is 5.02. The number of amides is 3. The molecule has 1 aromatic rings. The Morgan fingerprint density at radius 3 is 2.84 bits per heavy atom. The van der Waals surface area contributed by atoms with Crippen molar-refractivity contribution in [3.63, 3.8) is 0 Å². The van der Waals surface area contributed by atoms with E-state index >= 15 is 0 Å². The zero-order chi connectivity index (χ0) is 17.8. The maximum Gasteiger partial charge on any atom is 0.255 e. The fraction of sp³-hybridized carbons (Fsp3) is 0.450. The van der Waals surface area contributed by atoms with Crippen LogP contribution in [0, 0.1) is 11.8 Å². The molecule has 0 radical (unpaired) electrons. The summed E-state index contributed by atoms with van der Waals surface area (Å²) in [6.07, 6.45) is 5.01. The van der Waals surface area contributed by atoms with Gasteiger partial charge in [-0.3, -0.25) is 19.7 Å². The number of hydrogen-bond acceptors (Lipinski definition) is 3. The summed E-state index contributed by atoms with van der Waals surface area (Å²) in [5, 5.41) is 2.32. The maximum atomic E-state index is 12.6. The van der Waals surface area contributed by atoms with E-state index in [2.05, 4.69) is 24.1 Å². The molecule has 0 bridgehead atoms. The quantitative estimate of drug-likeness (QED) is 0.521. The molecule has 130 valence electrons. The third-order valence-electron chi connectivity index (χ3n) is 4.66. The van der Waals surface area contributed by atoms with Gasteiger partial charge in [-0.1, -0.05) is 31.6 Å². The van der Waals surface area contributed by atoms with Crippen molar-refractivity contribution >= 4 is 17.7 Å². The van der Waals surface area contributed by atoms with Crippen LogP contribution in [0.3, 0.4) is 0 Å². The van der Waals surface area contributed by atoms with Crippen molar-refractivity contribution in [3.05, 3.63) is 34.9 Å². The number of hydrogen-bond donors (Lipinski definition) is 1. The number of unbranched alkanes of at least 4 members (excludes halogenated alkanes) is 3. The van der Waals surface area contributed by atoms with Crippen LogP contribution in [0.5, 0.6) is 0 Å². The normalized spacial score (nSPS) is 19.3. The van der Waals surface area contributed by atoms with E-state index in [0.29, 0.717) is 18.5 Å². The van der Waals surface area contributed by atoms with E-state index in [9.17, 15) is 14.4 Å². The van der Waals surface area contributed by atoms with E-state index < -0.39 is 6.04 Å². The fourth-order valence-electron chi connectivity index (χ4n) is 3.28. The van der Waals surface area contributed by atoms with Crippen LogP contribution < -0.4 is 5.32 Å². The Morgan fingerprint density at radius 2 is 2.08 bits per heavy atom. The lowest BCUT2D eigenvalue weighted by Crippen LogP contribution is -2.52. The number of rotatable bonds is 4. The van der Waals surface area contributed by atoms with Gasteiger partial charge in [-0.2, -0.15) is 0 Å². The van der Waals surface area contributed by atoms with Crippen molar-refractivity contribution in [3.8, 4) is 11.8 Å². The van der Waals surface area contributed by atoms with Crippen molar-refractivity contribution in [1.29, 1.82) is 0 Å². The molecule has 2 heterocycles. The average molecular weight is 338 g/mol. The first kappa shape index (κ1) is 17.2. The lowest BCUT2D eigenvalue weighted by molar-refractivity contribution is -0.136. The molecule has 0 saturated carbocycles. The molecule has 2 aliphatic rings. The van der Waals surface area contributed by atoms with E-state index in [1.807, 2.05) is 12.1 Å². The van der Waals surface area contributed by atoms with Crippen LogP contribution in [0.4, 0.5) is 0 Å². The number of carbonyl (C=O) groups is 3. The molecular formula is C20H22N2O3. The fourth-order valence-corrected chi connectivity index (χ4v) is 3.28. The Bertz CT molecular complexity index is 773. The Morgan fingerprint density at radius 1 is 1.24 bits per heavy atom. The second-order valence-corrected chi connectivity index (χ2v) is 6.53. The third-order valence-corrected chi connectivity index (χ3v) is 4.66. The van der Waals surface area contributed by atoms with E-state index in [0.717, 1.165) is 24.0 Å². The molecule has 2 aliphatic heterocycles. The van der Waals surface area contributed by atoms with Crippen LogP contribution >= 0.6 is 0 Å². The van der Waals surface area contributed by atoms with Gasteiger partial charge in [0, 0.05) is 30.5 Å².